The number of aryl methyl sites for hydroxylation is 1. The topological polar surface area (TPSA) is 55.1 Å². The Morgan fingerprint density at radius 1 is 1.37 bits per heavy atom. The Labute approximate surface area is 111 Å². The molecule has 1 aliphatic rings. The van der Waals surface area contributed by atoms with Crippen molar-refractivity contribution in [1.29, 1.82) is 0 Å². The van der Waals surface area contributed by atoms with Gasteiger partial charge in [0.25, 0.3) is 0 Å². The van der Waals surface area contributed by atoms with Crippen molar-refractivity contribution in [3.8, 4) is 0 Å². The van der Waals surface area contributed by atoms with E-state index in [1.54, 1.807) is 0 Å². The van der Waals surface area contributed by atoms with Crippen LogP contribution in [0.25, 0.3) is 0 Å². The summed E-state index contributed by atoms with van der Waals surface area (Å²) in [6, 6.07) is 2.11. The molecule has 1 saturated carbocycles. The van der Waals surface area contributed by atoms with Crippen LogP contribution in [0.5, 0.6) is 0 Å². The van der Waals surface area contributed by atoms with Gasteiger partial charge in [-0.3, -0.25) is 4.79 Å². The molecule has 2 rings (SSSR count). The molecule has 104 valence electrons. The Bertz CT molecular complexity index is 491. The molecule has 2 atom stereocenters. The van der Waals surface area contributed by atoms with Gasteiger partial charge in [0.05, 0.1) is 5.69 Å². The molecule has 1 amide bonds. The molecular weight excluding hydrogens is 250 g/mol. The van der Waals surface area contributed by atoms with Gasteiger partial charge in [0.1, 0.15) is 11.6 Å². The predicted molar refractivity (Wildman–Crippen MR) is 69.6 cm³/mol. The van der Waals surface area contributed by atoms with Gasteiger partial charge in [0.15, 0.2) is 0 Å². The predicted octanol–water partition coefficient (Wildman–Crippen LogP) is 2.59. The maximum absolute atomic E-state index is 13.7. The molecule has 2 unspecified atom stereocenters. The normalized spacial score (nSPS) is 22.5. The summed E-state index contributed by atoms with van der Waals surface area (Å²) < 4.78 is 27.0. The van der Waals surface area contributed by atoms with Crippen LogP contribution in [-0.4, -0.2) is 12.5 Å². The van der Waals surface area contributed by atoms with Crippen molar-refractivity contribution >= 4 is 11.6 Å². The molecule has 1 aliphatic carbocycles. The van der Waals surface area contributed by atoms with Crippen molar-refractivity contribution in [1.82, 2.24) is 0 Å². The van der Waals surface area contributed by atoms with Crippen LogP contribution < -0.4 is 11.1 Å². The fraction of sp³-hybridized carbons (Fsp3) is 0.500. The Kier molecular flexibility index (Phi) is 4.14. The summed E-state index contributed by atoms with van der Waals surface area (Å²) in [6.07, 6.45) is 2.62. The van der Waals surface area contributed by atoms with E-state index in [1.165, 1.54) is 6.92 Å². The van der Waals surface area contributed by atoms with Crippen LogP contribution in [0.15, 0.2) is 12.1 Å². The summed E-state index contributed by atoms with van der Waals surface area (Å²) >= 11 is 0. The second-order valence-electron chi connectivity index (χ2n) is 5.10. The fourth-order valence-electron chi connectivity index (χ4n) is 2.63. The van der Waals surface area contributed by atoms with Gasteiger partial charge in [-0.05, 0) is 43.9 Å². The fourth-order valence-corrected chi connectivity index (χ4v) is 2.63. The van der Waals surface area contributed by atoms with Crippen LogP contribution in [-0.2, 0) is 4.79 Å². The van der Waals surface area contributed by atoms with Gasteiger partial charge in [-0.1, -0.05) is 6.42 Å². The van der Waals surface area contributed by atoms with Gasteiger partial charge in [-0.2, -0.15) is 0 Å². The zero-order chi connectivity index (χ0) is 14.0. The van der Waals surface area contributed by atoms with Crippen molar-refractivity contribution < 1.29 is 13.6 Å². The molecule has 3 nitrogen and oxygen atoms in total. The monoisotopic (exact) mass is 268 g/mol. The van der Waals surface area contributed by atoms with E-state index >= 15 is 0 Å². The Hall–Kier alpha value is -1.49. The molecule has 0 saturated heterocycles. The Morgan fingerprint density at radius 3 is 2.79 bits per heavy atom. The van der Waals surface area contributed by atoms with Gasteiger partial charge in [0.2, 0.25) is 5.91 Å². The van der Waals surface area contributed by atoms with Crippen LogP contribution in [0, 0.1) is 30.4 Å². The Balaban J connectivity index is 2.13. The number of hydrogen-bond acceptors (Lipinski definition) is 2. The van der Waals surface area contributed by atoms with Crippen LogP contribution in [0.4, 0.5) is 14.5 Å². The molecule has 0 radical (unpaired) electrons. The van der Waals surface area contributed by atoms with E-state index in [-0.39, 0.29) is 29.0 Å². The number of nitrogens with one attached hydrogen (secondary N) is 1. The highest BCUT2D eigenvalue weighted by Gasteiger charge is 2.32. The highest BCUT2D eigenvalue weighted by atomic mass is 19.1. The third kappa shape index (κ3) is 2.92. The average Bonchev–Trinajstić information content (AvgIpc) is 2.84. The highest BCUT2D eigenvalue weighted by molar-refractivity contribution is 5.93. The Morgan fingerprint density at radius 2 is 2.11 bits per heavy atom. The van der Waals surface area contributed by atoms with Crippen molar-refractivity contribution in [2.24, 2.45) is 17.6 Å². The number of nitrogens with two attached hydrogens (primary N) is 1. The number of anilines is 1. The van der Waals surface area contributed by atoms with Gasteiger partial charge < -0.3 is 11.1 Å². The number of carbonyl (C=O) groups excluding carboxylic acids is 1. The smallest absolute Gasteiger partial charge is 0.227 e. The zero-order valence-electron chi connectivity index (χ0n) is 10.9. The number of rotatable bonds is 3. The molecule has 1 aromatic carbocycles. The summed E-state index contributed by atoms with van der Waals surface area (Å²) in [5.41, 5.74) is 5.73. The van der Waals surface area contributed by atoms with Crippen molar-refractivity contribution in [2.75, 3.05) is 11.9 Å². The van der Waals surface area contributed by atoms with Crippen molar-refractivity contribution in [3.05, 3.63) is 29.3 Å². The van der Waals surface area contributed by atoms with E-state index in [2.05, 4.69) is 5.32 Å². The minimum Gasteiger partial charge on any atom is -0.330 e. The molecular formula is C14H18F2N2O. The molecule has 1 fully saturated rings. The first kappa shape index (κ1) is 13.9. The number of hydrogen-bond donors (Lipinski definition) is 2. The number of amides is 1. The molecule has 0 spiro atoms. The highest BCUT2D eigenvalue weighted by Crippen LogP contribution is 2.32. The van der Waals surface area contributed by atoms with Crippen LogP contribution in [0.1, 0.15) is 24.8 Å². The third-order valence-electron chi connectivity index (χ3n) is 3.80. The SMILES string of the molecule is Cc1cc(F)c(NC(=O)C2CCCC2CN)cc1F. The number of benzene rings is 1. The molecule has 0 aliphatic heterocycles. The van der Waals surface area contributed by atoms with E-state index in [4.69, 9.17) is 5.73 Å². The van der Waals surface area contributed by atoms with E-state index in [1.807, 2.05) is 0 Å². The lowest BCUT2D eigenvalue weighted by atomic mass is 9.95. The van der Waals surface area contributed by atoms with Crippen LogP contribution >= 0.6 is 0 Å². The van der Waals surface area contributed by atoms with Gasteiger partial charge >= 0.3 is 0 Å². The van der Waals surface area contributed by atoms with E-state index in [0.717, 1.165) is 31.4 Å². The quantitative estimate of drug-likeness (QED) is 0.885. The lowest BCUT2D eigenvalue weighted by Gasteiger charge is -2.17. The summed E-state index contributed by atoms with van der Waals surface area (Å²) in [6.45, 7) is 1.92. The minimum absolute atomic E-state index is 0.101. The van der Waals surface area contributed by atoms with Crippen molar-refractivity contribution in [2.45, 2.75) is 26.2 Å². The van der Waals surface area contributed by atoms with E-state index in [0.29, 0.717) is 6.54 Å². The zero-order valence-corrected chi connectivity index (χ0v) is 10.9. The molecule has 1 aromatic rings. The standard InChI is InChI=1S/C14H18F2N2O/c1-8-5-12(16)13(6-11(8)15)18-14(19)10-4-2-3-9(10)7-17/h5-6,9-10H,2-4,7,17H2,1H3,(H,18,19). The van der Waals surface area contributed by atoms with E-state index < -0.39 is 11.6 Å². The van der Waals surface area contributed by atoms with Gasteiger partial charge in [0, 0.05) is 12.0 Å². The molecule has 5 heteroatoms. The molecule has 19 heavy (non-hydrogen) atoms. The average molecular weight is 268 g/mol. The maximum atomic E-state index is 13.7. The van der Waals surface area contributed by atoms with E-state index in [9.17, 15) is 13.6 Å². The first-order chi connectivity index (χ1) is 9.02. The molecule has 0 heterocycles. The number of halogens is 2. The summed E-state index contributed by atoms with van der Waals surface area (Å²) in [4.78, 5) is 12.1. The molecule has 3 N–H and O–H groups in total. The van der Waals surface area contributed by atoms with Gasteiger partial charge in [-0.15, -0.1) is 0 Å². The lowest BCUT2D eigenvalue weighted by Crippen LogP contribution is -2.30. The maximum Gasteiger partial charge on any atom is 0.227 e. The first-order valence-electron chi connectivity index (χ1n) is 6.49. The summed E-state index contributed by atoms with van der Waals surface area (Å²) in [5.74, 6) is -1.48. The lowest BCUT2D eigenvalue weighted by molar-refractivity contribution is -0.120. The summed E-state index contributed by atoms with van der Waals surface area (Å²) in [5, 5.41) is 2.48. The number of carbonyl (C=O) groups is 1. The largest absolute Gasteiger partial charge is 0.330 e. The van der Waals surface area contributed by atoms with Gasteiger partial charge in [-0.25, -0.2) is 8.78 Å². The first-order valence-corrected chi connectivity index (χ1v) is 6.49. The molecule has 0 bridgehead atoms. The van der Waals surface area contributed by atoms with Crippen LogP contribution in [0.2, 0.25) is 0 Å². The van der Waals surface area contributed by atoms with Crippen molar-refractivity contribution in [3.63, 3.8) is 0 Å². The summed E-state index contributed by atoms with van der Waals surface area (Å²) in [7, 11) is 0. The van der Waals surface area contributed by atoms with Crippen LogP contribution in [0.3, 0.4) is 0 Å². The minimum atomic E-state index is -0.616. The second kappa shape index (κ2) is 5.65. The molecule has 0 aromatic heterocycles. The third-order valence-corrected chi connectivity index (χ3v) is 3.80. The second-order valence-corrected chi connectivity index (χ2v) is 5.10.